The first-order valence-corrected chi connectivity index (χ1v) is 13.1. The average molecular weight is 556 g/mol. The van der Waals surface area contributed by atoms with Crippen LogP contribution in [0.4, 0.5) is 11.4 Å². The Hall–Kier alpha value is -3.16. The van der Waals surface area contributed by atoms with Gasteiger partial charge in [0.05, 0.1) is 49.1 Å². The molecule has 1 heterocycles. The van der Waals surface area contributed by atoms with Gasteiger partial charge in [-0.2, -0.15) is 0 Å². The van der Waals surface area contributed by atoms with Gasteiger partial charge in [0.15, 0.2) is 0 Å². The molecule has 1 atom stereocenters. The van der Waals surface area contributed by atoms with Crippen molar-refractivity contribution in [2.24, 2.45) is 0 Å². The number of hydrogen-bond acceptors (Lipinski definition) is 3. The first-order chi connectivity index (χ1) is 17.3. The second-order valence-electron chi connectivity index (χ2n) is 8.05. The maximum atomic E-state index is 13.7. The van der Waals surface area contributed by atoms with E-state index in [-0.39, 0.29) is 18.0 Å². The lowest BCUT2D eigenvalue weighted by Gasteiger charge is -2.24. The zero-order chi connectivity index (χ0) is 25.4. The number of hydrogen-bond donors (Lipinski definition) is 1. The van der Waals surface area contributed by atoms with Gasteiger partial charge in [-0.1, -0.05) is 59.1 Å². The summed E-state index contributed by atoms with van der Waals surface area (Å²) in [5.74, 6) is -0.780. The first-order valence-electron chi connectivity index (χ1n) is 10.8. The van der Waals surface area contributed by atoms with E-state index in [1.54, 1.807) is 78.9 Å². The lowest BCUT2D eigenvalue weighted by molar-refractivity contribution is 0.0979. The normalized spacial score (nSPS) is 14.6. The fourth-order valence-electron chi connectivity index (χ4n) is 3.97. The number of carbonyl (C=O) groups is 2. The van der Waals surface area contributed by atoms with Crippen LogP contribution in [-0.2, 0) is 17.3 Å². The molecule has 5 nitrogen and oxygen atoms in total. The molecule has 9 heteroatoms. The molecule has 36 heavy (non-hydrogen) atoms. The zero-order valence-corrected chi connectivity index (χ0v) is 21.6. The molecule has 1 N–H and O–H groups in total. The fourth-order valence-corrected chi connectivity index (χ4v) is 5.86. The third-order valence-corrected chi connectivity index (χ3v) is 7.98. The maximum absolute atomic E-state index is 13.7. The quantitative estimate of drug-likeness (QED) is 0.289. The molecular weight excluding hydrogens is 539 g/mol. The number of nitrogens with one attached hydrogen (secondary N) is 1. The summed E-state index contributed by atoms with van der Waals surface area (Å²) in [7, 11) is -1.64. The Morgan fingerprint density at radius 3 is 2.42 bits per heavy atom. The van der Waals surface area contributed by atoms with Gasteiger partial charge < -0.3 is 10.2 Å². The lowest BCUT2D eigenvalue weighted by atomic mass is 10.1. The van der Waals surface area contributed by atoms with Crippen molar-refractivity contribution in [3.63, 3.8) is 0 Å². The third kappa shape index (κ3) is 4.77. The highest BCUT2D eigenvalue weighted by molar-refractivity contribution is 7.85. The Morgan fingerprint density at radius 1 is 0.833 bits per heavy atom. The molecule has 2 amide bonds. The van der Waals surface area contributed by atoms with Crippen molar-refractivity contribution in [3.8, 4) is 0 Å². The maximum Gasteiger partial charge on any atom is 0.259 e. The van der Waals surface area contributed by atoms with Crippen LogP contribution in [0.3, 0.4) is 0 Å². The summed E-state index contributed by atoms with van der Waals surface area (Å²) in [4.78, 5) is 29.2. The molecule has 1 aliphatic heterocycles. The van der Waals surface area contributed by atoms with Gasteiger partial charge in [0.2, 0.25) is 0 Å². The Labute approximate surface area is 225 Å². The molecule has 0 radical (unpaired) electrons. The van der Waals surface area contributed by atoms with Crippen LogP contribution in [0, 0.1) is 0 Å². The molecule has 0 spiro atoms. The second kappa shape index (κ2) is 10.1. The van der Waals surface area contributed by atoms with Crippen LogP contribution < -0.4 is 10.2 Å². The van der Waals surface area contributed by atoms with Crippen LogP contribution in [0.25, 0.3) is 0 Å². The summed E-state index contributed by atoms with van der Waals surface area (Å²) in [6.07, 6.45) is 0. The Bertz CT molecular complexity index is 1560. The van der Waals surface area contributed by atoms with Crippen molar-refractivity contribution < 1.29 is 13.8 Å². The van der Waals surface area contributed by atoms with E-state index in [0.717, 1.165) is 5.56 Å². The van der Waals surface area contributed by atoms with E-state index < -0.39 is 16.7 Å². The van der Waals surface area contributed by atoms with E-state index in [1.807, 2.05) is 6.07 Å². The van der Waals surface area contributed by atoms with Gasteiger partial charge in [-0.05, 0) is 66.2 Å². The molecule has 0 saturated heterocycles. The standard InChI is InChI=1S/C27H17Cl3N2O3S/c28-18-5-3-4-16(12-18)15-32-23-13-17(26(33)31-22-14-19(29)9-10-21(22)30)8-11-25(23)36(35)24-7-2-1-6-20(24)27(32)34/h1-14H,15H2,(H,31,33). The van der Waals surface area contributed by atoms with E-state index in [2.05, 4.69) is 5.32 Å². The van der Waals surface area contributed by atoms with Crippen LogP contribution in [0.1, 0.15) is 26.3 Å². The molecule has 0 aromatic heterocycles. The summed E-state index contributed by atoms with van der Waals surface area (Å²) in [5.41, 5.74) is 2.11. The largest absolute Gasteiger partial charge is 0.321 e. The lowest BCUT2D eigenvalue weighted by Crippen LogP contribution is -2.30. The number of rotatable bonds is 4. The van der Waals surface area contributed by atoms with Crippen molar-refractivity contribution in [2.75, 3.05) is 10.2 Å². The monoisotopic (exact) mass is 554 g/mol. The van der Waals surface area contributed by atoms with Gasteiger partial charge in [-0.25, -0.2) is 4.21 Å². The van der Waals surface area contributed by atoms with Gasteiger partial charge in [-0.15, -0.1) is 0 Å². The van der Waals surface area contributed by atoms with E-state index in [4.69, 9.17) is 34.8 Å². The van der Waals surface area contributed by atoms with Crippen LogP contribution in [0.5, 0.6) is 0 Å². The molecule has 5 rings (SSSR count). The predicted octanol–water partition coefficient (Wildman–Crippen LogP) is 7.23. The highest BCUT2D eigenvalue weighted by Crippen LogP contribution is 2.36. The summed E-state index contributed by atoms with van der Waals surface area (Å²) < 4.78 is 13.6. The SMILES string of the molecule is O=C(Nc1cc(Cl)ccc1Cl)c1ccc2c(c1)N(Cc1cccc(Cl)c1)C(=O)c1ccccc1S2=O. The number of anilines is 2. The minimum Gasteiger partial charge on any atom is -0.321 e. The predicted molar refractivity (Wildman–Crippen MR) is 144 cm³/mol. The molecule has 0 aliphatic carbocycles. The number of amides is 2. The van der Waals surface area contributed by atoms with Gasteiger partial charge >= 0.3 is 0 Å². The second-order valence-corrected chi connectivity index (χ2v) is 10.7. The molecule has 1 aliphatic rings. The molecule has 4 aromatic rings. The zero-order valence-electron chi connectivity index (χ0n) is 18.5. The number of halogens is 3. The minimum atomic E-state index is -1.64. The number of benzene rings is 4. The number of nitrogens with zero attached hydrogens (tertiary/aromatic N) is 1. The molecular formula is C27H17Cl3N2O3S. The van der Waals surface area contributed by atoms with Crippen LogP contribution in [0.2, 0.25) is 15.1 Å². The van der Waals surface area contributed by atoms with Crippen LogP contribution in [-0.4, -0.2) is 16.0 Å². The molecule has 1 unspecified atom stereocenters. The third-order valence-electron chi connectivity index (χ3n) is 5.68. The van der Waals surface area contributed by atoms with Crippen LogP contribution in [0.15, 0.2) is 94.7 Å². The molecule has 0 bridgehead atoms. The molecule has 4 aromatic carbocycles. The Morgan fingerprint density at radius 2 is 1.61 bits per heavy atom. The summed E-state index contributed by atoms with van der Waals surface area (Å²) in [6, 6.07) is 23.5. The van der Waals surface area contributed by atoms with Crippen molar-refractivity contribution in [1.82, 2.24) is 0 Å². The number of fused-ring (bicyclic) bond motifs is 2. The molecule has 0 fully saturated rings. The Kier molecular flexibility index (Phi) is 6.86. The summed E-state index contributed by atoms with van der Waals surface area (Å²) in [5, 5.41) is 4.03. The van der Waals surface area contributed by atoms with Gasteiger partial charge in [0.1, 0.15) is 0 Å². The fraction of sp³-hybridized carbons (Fsp3) is 0.0370. The van der Waals surface area contributed by atoms with Gasteiger partial charge in [0, 0.05) is 15.6 Å². The first kappa shape index (κ1) is 24.5. The smallest absolute Gasteiger partial charge is 0.259 e. The van der Waals surface area contributed by atoms with Crippen molar-refractivity contribution in [2.45, 2.75) is 16.3 Å². The van der Waals surface area contributed by atoms with E-state index in [0.29, 0.717) is 41.8 Å². The highest BCUT2D eigenvalue weighted by atomic mass is 35.5. The van der Waals surface area contributed by atoms with Crippen molar-refractivity contribution in [3.05, 3.63) is 117 Å². The van der Waals surface area contributed by atoms with Crippen LogP contribution >= 0.6 is 34.8 Å². The van der Waals surface area contributed by atoms with E-state index >= 15 is 0 Å². The van der Waals surface area contributed by atoms with Crippen molar-refractivity contribution in [1.29, 1.82) is 0 Å². The highest BCUT2D eigenvalue weighted by Gasteiger charge is 2.31. The van der Waals surface area contributed by atoms with E-state index in [1.165, 1.54) is 4.90 Å². The van der Waals surface area contributed by atoms with Crippen molar-refractivity contribution >= 4 is 68.8 Å². The van der Waals surface area contributed by atoms with Gasteiger partial charge in [0.25, 0.3) is 11.8 Å². The topological polar surface area (TPSA) is 66.5 Å². The summed E-state index contributed by atoms with van der Waals surface area (Å²) in [6.45, 7) is 0.170. The van der Waals surface area contributed by atoms with Gasteiger partial charge in [-0.3, -0.25) is 9.59 Å². The molecule has 0 saturated carbocycles. The molecule has 180 valence electrons. The van der Waals surface area contributed by atoms with E-state index in [9.17, 15) is 13.8 Å². The average Bonchev–Trinajstić information content (AvgIpc) is 2.95. The number of carbonyl (C=O) groups excluding carboxylic acids is 2. The minimum absolute atomic E-state index is 0.170. The Balaban J connectivity index is 1.60. The summed E-state index contributed by atoms with van der Waals surface area (Å²) >= 11 is 18.4.